The number of benzene rings is 1. The number of nitrogens with one attached hydrogen (secondary N) is 1. The Morgan fingerprint density at radius 2 is 2.14 bits per heavy atom. The number of rotatable bonds is 2. The molecule has 0 radical (unpaired) electrons. The van der Waals surface area contributed by atoms with E-state index in [9.17, 15) is 13.2 Å². The summed E-state index contributed by atoms with van der Waals surface area (Å²) in [5.41, 5.74) is 0.843. The molecule has 3 nitrogen and oxygen atoms in total. The van der Waals surface area contributed by atoms with Crippen molar-refractivity contribution in [1.82, 2.24) is 15.1 Å². The summed E-state index contributed by atoms with van der Waals surface area (Å²) in [6.45, 7) is 1.92. The largest absolute Gasteiger partial charge is 0.416 e. The molecule has 6 heteroatoms. The van der Waals surface area contributed by atoms with Crippen molar-refractivity contribution in [3.8, 4) is 5.69 Å². The van der Waals surface area contributed by atoms with Crippen molar-refractivity contribution < 1.29 is 13.2 Å². The zero-order valence-corrected chi connectivity index (χ0v) is 11.4. The summed E-state index contributed by atoms with van der Waals surface area (Å²) in [5.74, 6) is 0.387. The highest BCUT2D eigenvalue weighted by Gasteiger charge is 2.30. The second-order valence-electron chi connectivity index (χ2n) is 5.31. The van der Waals surface area contributed by atoms with Crippen LogP contribution in [0.2, 0.25) is 0 Å². The lowest BCUT2D eigenvalue weighted by molar-refractivity contribution is -0.137. The Bertz CT molecular complexity index is 613. The predicted molar refractivity (Wildman–Crippen MR) is 73.4 cm³/mol. The average molecular weight is 295 g/mol. The third kappa shape index (κ3) is 3.10. The molecule has 1 atom stereocenters. The molecule has 1 aliphatic rings. The van der Waals surface area contributed by atoms with Crippen molar-refractivity contribution in [2.75, 3.05) is 13.1 Å². The predicted octanol–water partition coefficient (Wildman–Crippen LogP) is 3.36. The third-order valence-electron chi connectivity index (χ3n) is 3.81. The van der Waals surface area contributed by atoms with E-state index in [1.165, 1.54) is 10.7 Å². The molecule has 112 valence electrons. The van der Waals surface area contributed by atoms with Crippen molar-refractivity contribution in [3.63, 3.8) is 0 Å². The van der Waals surface area contributed by atoms with Gasteiger partial charge in [-0.3, -0.25) is 0 Å². The van der Waals surface area contributed by atoms with Gasteiger partial charge in [0.2, 0.25) is 0 Å². The van der Waals surface area contributed by atoms with E-state index in [2.05, 4.69) is 10.4 Å². The first kappa shape index (κ1) is 14.1. The number of nitrogens with zero attached hydrogens (tertiary/aromatic N) is 2. The Morgan fingerprint density at radius 1 is 1.29 bits per heavy atom. The molecule has 1 saturated heterocycles. The van der Waals surface area contributed by atoms with Gasteiger partial charge < -0.3 is 5.32 Å². The Morgan fingerprint density at radius 3 is 2.86 bits per heavy atom. The summed E-state index contributed by atoms with van der Waals surface area (Å²) in [7, 11) is 0. The maximum atomic E-state index is 12.7. The number of piperidine rings is 1. The SMILES string of the molecule is FC(F)(F)c1cccc(-n2cc(C3CCCNC3)cn2)c1. The van der Waals surface area contributed by atoms with E-state index in [1.54, 1.807) is 12.3 Å². The lowest BCUT2D eigenvalue weighted by Crippen LogP contribution is -2.28. The number of aromatic nitrogens is 2. The zero-order chi connectivity index (χ0) is 14.9. The first-order valence-electron chi connectivity index (χ1n) is 6.97. The van der Waals surface area contributed by atoms with E-state index < -0.39 is 11.7 Å². The molecule has 0 spiro atoms. The van der Waals surface area contributed by atoms with Gasteiger partial charge in [0.15, 0.2) is 0 Å². The molecule has 0 aliphatic carbocycles. The van der Waals surface area contributed by atoms with Crippen molar-refractivity contribution in [2.45, 2.75) is 24.9 Å². The third-order valence-corrected chi connectivity index (χ3v) is 3.81. The number of halogens is 3. The number of hydrogen-bond donors (Lipinski definition) is 1. The molecule has 2 heterocycles. The van der Waals surface area contributed by atoms with Gasteiger partial charge in [-0.15, -0.1) is 0 Å². The topological polar surface area (TPSA) is 29.9 Å². The van der Waals surface area contributed by atoms with Crippen LogP contribution in [0.25, 0.3) is 5.69 Å². The molecule has 1 aromatic carbocycles. The summed E-state index contributed by atoms with van der Waals surface area (Å²) in [6.07, 6.45) is 1.44. The van der Waals surface area contributed by atoms with Crippen LogP contribution >= 0.6 is 0 Å². The Labute approximate surface area is 120 Å². The minimum atomic E-state index is -4.33. The Kier molecular flexibility index (Phi) is 3.71. The Balaban J connectivity index is 1.86. The molecule has 1 aliphatic heterocycles. The summed E-state index contributed by atoms with van der Waals surface area (Å²) < 4.78 is 39.7. The second-order valence-corrected chi connectivity index (χ2v) is 5.31. The fourth-order valence-corrected chi connectivity index (χ4v) is 2.65. The van der Waals surface area contributed by atoms with Gasteiger partial charge in [0, 0.05) is 12.7 Å². The fraction of sp³-hybridized carbons (Fsp3) is 0.400. The minimum Gasteiger partial charge on any atom is -0.316 e. The monoisotopic (exact) mass is 295 g/mol. The molecule has 2 aromatic rings. The first-order chi connectivity index (χ1) is 10.0. The van der Waals surface area contributed by atoms with Crippen LogP contribution in [0, 0.1) is 0 Å². The maximum Gasteiger partial charge on any atom is 0.416 e. The van der Waals surface area contributed by atoms with Gasteiger partial charge in [0.05, 0.1) is 17.4 Å². The van der Waals surface area contributed by atoms with Gasteiger partial charge in [-0.1, -0.05) is 6.07 Å². The molecule has 0 saturated carbocycles. The van der Waals surface area contributed by atoms with Gasteiger partial charge >= 0.3 is 6.18 Å². The molecule has 1 fully saturated rings. The van der Waals surface area contributed by atoms with Crippen molar-refractivity contribution in [2.24, 2.45) is 0 Å². The van der Waals surface area contributed by atoms with Gasteiger partial charge in [0.25, 0.3) is 0 Å². The van der Waals surface area contributed by atoms with Gasteiger partial charge in [-0.05, 0) is 49.1 Å². The maximum absolute atomic E-state index is 12.7. The average Bonchev–Trinajstić information content (AvgIpc) is 2.97. The van der Waals surface area contributed by atoms with Gasteiger partial charge in [-0.2, -0.15) is 18.3 Å². The molecule has 21 heavy (non-hydrogen) atoms. The highest BCUT2D eigenvalue weighted by Crippen LogP contribution is 2.30. The van der Waals surface area contributed by atoms with E-state index in [0.717, 1.165) is 43.6 Å². The van der Waals surface area contributed by atoms with Crippen LogP contribution in [0.3, 0.4) is 0 Å². The highest BCUT2D eigenvalue weighted by molar-refractivity contribution is 5.37. The van der Waals surface area contributed by atoms with E-state index in [0.29, 0.717) is 11.6 Å². The summed E-state index contributed by atoms with van der Waals surface area (Å²) >= 11 is 0. The van der Waals surface area contributed by atoms with E-state index in [1.807, 2.05) is 6.20 Å². The van der Waals surface area contributed by atoms with E-state index in [4.69, 9.17) is 0 Å². The lowest BCUT2D eigenvalue weighted by Gasteiger charge is -2.21. The normalized spacial score (nSPS) is 19.7. The number of alkyl halides is 3. The molecule has 1 unspecified atom stereocenters. The van der Waals surface area contributed by atoms with E-state index in [-0.39, 0.29) is 0 Å². The molecule has 1 aromatic heterocycles. The first-order valence-corrected chi connectivity index (χ1v) is 6.97. The van der Waals surface area contributed by atoms with Crippen LogP contribution < -0.4 is 5.32 Å². The van der Waals surface area contributed by atoms with Crippen molar-refractivity contribution in [3.05, 3.63) is 47.8 Å². The van der Waals surface area contributed by atoms with Crippen molar-refractivity contribution >= 4 is 0 Å². The van der Waals surface area contributed by atoms with Crippen LogP contribution in [0.5, 0.6) is 0 Å². The van der Waals surface area contributed by atoms with Crippen LogP contribution in [0.4, 0.5) is 13.2 Å². The lowest BCUT2D eigenvalue weighted by atomic mass is 9.94. The van der Waals surface area contributed by atoms with Crippen molar-refractivity contribution in [1.29, 1.82) is 0 Å². The molecule has 1 N–H and O–H groups in total. The Hall–Kier alpha value is -1.82. The number of hydrogen-bond acceptors (Lipinski definition) is 2. The smallest absolute Gasteiger partial charge is 0.316 e. The molecular formula is C15H16F3N3. The summed E-state index contributed by atoms with van der Waals surface area (Å²) in [4.78, 5) is 0. The van der Waals surface area contributed by atoms with Crippen LogP contribution in [0.15, 0.2) is 36.7 Å². The zero-order valence-electron chi connectivity index (χ0n) is 11.4. The van der Waals surface area contributed by atoms with E-state index >= 15 is 0 Å². The molecule has 0 bridgehead atoms. The molecule has 0 amide bonds. The summed E-state index contributed by atoms with van der Waals surface area (Å²) in [5, 5.41) is 7.53. The minimum absolute atomic E-state index is 0.387. The quantitative estimate of drug-likeness (QED) is 0.920. The molecule has 3 rings (SSSR count). The van der Waals surface area contributed by atoms with Crippen LogP contribution in [-0.2, 0) is 6.18 Å². The second kappa shape index (κ2) is 5.52. The van der Waals surface area contributed by atoms with Crippen LogP contribution in [-0.4, -0.2) is 22.9 Å². The standard InChI is InChI=1S/C15H16F3N3/c16-15(17,18)13-4-1-5-14(7-13)21-10-12(9-20-21)11-3-2-6-19-8-11/h1,4-5,7,9-11,19H,2-3,6,8H2. The van der Waals surface area contributed by atoms with Gasteiger partial charge in [-0.25, -0.2) is 4.68 Å². The highest BCUT2D eigenvalue weighted by atomic mass is 19.4. The van der Waals surface area contributed by atoms with Crippen LogP contribution in [0.1, 0.15) is 29.9 Å². The fourth-order valence-electron chi connectivity index (χ4n) is 2.65. The molecular weight excluding hydrogens is 279 g/mol. The summed E-state index contributed by atoms with van der Waals surface area (Å²) in [6, 6.07) is 5.22. The van der Waals surface area contributed by atoms with Gasteiger partial charge in [0.1, 0.15) is 0 Å².